The Balaban J connectivity index is 1.63. The summed E-state index contributed by atoms with van der Waals surface area (Å²) in [4.78, 5) is 61.6. The lowest BCUT2D eigenvalue weighted by Crippen LogP contribution is -2.41. The van der Waals surface area contributed by atoms with Gasteiger partial charge in [-0.25, -0.2) is 14.8 Å². The van der Waals surface area contributed by atoms with E-state index in [9.17, 15) is 24.3 Å². The van der Waals surface area contributed by atoms with Gasteiger partial charge in [-0.1, -0.05) is 10.3 Å². The molecular weight excluding hydrogens is 474 g/mol. The Bertz CT molecular complexity index is 1350. The van der Waals surface area contributed by atoms with Gasteiger partial charge in [0.2, 0.25) is 0 Å². The molecule has 1 atom stereocenters. The van der Waals surface area contributed by atoms with Crippen molar-refractivity contribution in [1.29, 1.82) is 0 Å². The van der Waals surface area contributed by atoms with Crippen LogP contribution < -0.4 is 16.2 Å². The quantitative estimate of drug-likeness (QED) is 0.185. The van der Waals surface area contributed by atoms with Crippen molar-refractivity contribution in [2.24, 2.45) is 10.3 Å². The summed E-state index contributed by atoms with van der Waals surface area (Å²) in [6.07, 6.45) is 0.838. The number of fused-ring (bicyclic) bond motifs is 1. The Morgan fingerprint density at radius 2 is 1.86 bits per heavy atom. The lowest BCUT2D eigenvalue weighted by atomic mass is 10.1. The molecule has 0 aliphatic carbocycles. The molecule has 15 nitrogen and oxygen atoms in total. The smallest absolute Gasteiger partial charge is 0.326 e. The second-order valence-corrected chi connectivity index (χ2v) is 7.69. The first-order valence-corrected chi connectivity index (χ1v) is 10.6. The SMILES string of the molecule is CN(C)/N=N/c1nc2ncc(CNc3ccc(C(=O)N[C@@H](CCC(=O)O)C(=O)O)cc3)nc2c(=O)[nH]1. The van der Waals surface area contributed by atoms with Gasteiger partial charge in [0.1, 0.15) is 6.04 Å². The number of benzene rings is 1. The average molecular weight is 497 g/mol. The zero-order valence-electron chi connectivity index (χ0n) is 19.3. The molecule has 5 N–H and O–H groups in total. The summed E-state index contributed by atoms with van der Waals surface area (Å²) < 4.78 is 0. The standard InChI is InChI=1S/C21H23N9O6/c1-30(2)29-28-21-26-17-16(19(34)27-21)24-13(10-23-17)9-22-12-5-3-11(4-6-12)18(33)25-14(20(35)36)7-8-15(31)32/h3-6,10,14,22H,7-9H2,1-2H3,(H,25,33)(H,31,32)(H,35,36)(H,23,26,27,34)/b29-28+/t14-/m0/s1. The number of carbonyl (C=O) groups excluding carboxylic acids is 1. The number of carboxylic acid groups (broad SMARTS) is 2. The average Bonchev–Trinajstić information content (AvgIpc) is 2.84. The van der Waals surface area contributed by atoms with Crippen LogP contribution in [0.4, 0.5) is 11.6 Å². The molecule has 188 valence electrons. The molecule has 0 aliphatic rings. The molecule has 0 spiro atoms. The van der Waals surface area contributed by atoms with Gasteiger partial charge in [-0.15, -0.1) is 0 Å². The number of carboxylic acids is 2. The molecule has 0 fully saturated rings. The maximum atomic E-state index is 12.3. The second-order valence-electron chi connectivity index (χ2n) is 7.69. The molecule has 3 aromatic rings. The molecule has 0 radical (unpaired) electrons. The van der Waals surface area contributed by atoms with Gasteiger partial charge in [0.15, 0.2) is 11.2 Å². The van der Waals surface area contributed by atoms with E-state index in [-0.39, 0.29) is 42.1 Å². The number of hydrogen-bond donors (Lipinski definition) is 5. The Kier molecular flexibility index (Phi) is 8.17. The van der Waals surface area contributed by atoms with Crippen molar-refractivity contribution >= 4 is 40.6 Å². The van der Waals surface area contributed by atoms with Crippen molar-refractivity contribution in [1.82, 2.24) is 30.3 Å². The van der Waals surface area contributed by atoms with Crippen molar-refractivity contribution in [3.05, 3.63) is 52.1 Å². The van der Waals surface area contributed by atoms with Crippen molar-refractivity contribution in [3.63, 3.8) is 0 Å². The number of nitrogens with zero attached hydrogens (tertiary/aromatic N) is 6. The van der Waals surface area contributed by atoms with E-state index in [0.717, 1.165) is 0 Å². The lowest BCUT2D eigenvalue weighted by molar-refractivity contribution is -0.140. The highest BCUT2D eigenvalue weighted by Gasteiger charge is 2.21. The van der Waals surface area contributed by atoms with Crippen molar-refractivity contribution in [3.8, 4) is 0 Å². The predicted molar refractivity (Wildman–Crippen MR) is 126 cm³/mol. The van der Waals surface area contributed by atoms with Crippen LogP contribution in [0.15, 0.2) is 45.6 Å². The summed E-state index contributed by atoms with van der Waals surface area (Å²) >= 11 is 0. The molecule has 0 saturated carbocycles. The number of anilines is 1. The minimum Gasteiger partial charge on any atom is -0.481 e. The number of hydrogen-bond acceptors (Lipinski definition) is 10. The Morgan fingerprint density at radius 3 is 2.50 bits per heavy atom. The molecule has 2 heterocycles. The molecule has 0 bridgehead atoms. The van der Waals surface area contributed by atoms with E-state index in [1.807, 2.05) is 0 Å². The van der Waals surface area contributed by atoms with E-state index in [1.165, 1.54) is 23.3 Å². The van der Waals surface area contributed by atoms with Crippen molar-refractivity contribution in [2.45, 2.75) is 25.4 Å². The van der Waals surface area contributed by atoms with Crippen LogP contribution in [0.3, 0.4) is 0 Å². The van der Waals surface area contributed by atoms with Gasteiger partial charge in [-0.05, 0) is 30.7 Å². The van der Waals surface area contributed by atoms with Gasteiger partial charge >= 0.3 is 11.9 Å². The van der Waals surface area contributed by atoms with Gasteiger partial charge < -0.3 is 20.8 Å². The van der Waals surface area contributed by atoms with Crippen molar-refractivity contribution < 1.29 is 24.6 Å². The Labute approximate surface area is 203 Å². The number of aromatic amines is 1. The summed E-state index contributed by atoms with van der Waals surface area (Å²) in [5.74, 6) is -3.11. The molecular formula is C21H23N9O6. The number of rotatable bonds is 11. The maximum Gasteiger partial charge on any atom is 0.326 e. The molecule has 0 unspecified atom stereocenters. The molecule has 3 rings (SSSR count). The fourth-order valence-electron chi connectivity index (χ4n) is 2.91. The highest BCUT2D eigenvalue weighted by molar-refractivity contribution is 5.96. The third-order valence-electron chi connectivity index (χ3n) is 4.64. The van der Waals surface area contributed by atoms with E-state index in [4.69, 9.17) is 5.11 Å². The first-order chi connectivity index (χ1) is 17.1. The van der Waals surface area contributed by atoms with E-state index in [1.54, 1.807) is 26.2 Å². The number of carbonyl (C=O) groups is 3. The van der Waals surface area contributed by atoms with Crippen LogP contribution in [0.2, 0.25) is 0 Å². The molecule has 36 heavy (non-hydrogen) atoms. The van der Waals surface area contributed by atoms with E-state index >= 15 is 0 Å². The molecule has 1 amide bonds. The highest BCUT2D eigenvalue weighted by atomic mass is 16.4. The lowest BCUT2D eigenvalue weighted by Gasteiger charge is -2.14. The summed E-state index contributed by atoms with van der Waals surface area (Å²) in [6, 6.07) is 4.86. The number of aliphatic carboxylic acids is 2. The van der Waals surface area contributed by atoms with Gasteiger partial charge in [0.25, 0.3) is 17.4 Å². The van der Waals surface area contributed by atoms with Crippen LogP contribution in [0.1, 0.15) is 28.9 Å². The summed E-state index contributed by atoms with van der Waals surface area (Å²) in [5, 5.41) is 32.3. The van der Waals surface area contributed by atoms with E-state index < -0.39 is 29.4 Å². The number of H-pyrrole nitrogens is 1. The van der Waals surface area contributed by atoms with Crippen LogP contribution >= 0.6 is 0 Å². The summed E-state index contributed by atoms with van der Waals surface area (Å²) in [5.41, 5.74) is 0.935. The van der Waals surface area contributed by atoms with E-state index in [0.29, 0.717) is 11.4 Å². The molecule has 15 heteroatoms. The first kappa shape index (κ1) is 25.7. The molecule has 2 aromatic heterocycles. The van der Waals surface area contributed by atoms with Crippen LogP contribution in [-0.4, -0.2) is 73.1 Å². The zero-order valence-corrected chi connectivity index (χ0v) is 19.3. The minimum atomic E-state index is -1.32. The Morgan fingerprint density at radius 1 is 1.14 bits per heavy atom. The van der Waals surface area contributed by atoms with Gasteiger partial charge in [-0.3, -0.25) is 24.4 Å². The maximum absolute atomic E-state index is 12.3. The van der Waals surface area contributed by atoms with Crippen LogP contribution in [-0.2, 0) is 16.1 Å². The normalized spacial score (nSPS) is 11.8. The van der Waals surface area contributed by atoms with Gasteiger partial charge in [0.05, 0.1) is 18.4 Å². The second kappa shape index (κ2) is 11.5. The molecule has 0 aliphatic heterocycles. The topological polar surface area (TPSA) is 215 Å². The summed E-state index contributed by atoms with van der Waals surface area (Å²) in [7, 11) is 3.34. The minimum absolute atomic E-state index is 0.00191. The van der Waals surface area contributed by atoms with Gasteiger partial charge in [0, 0.05) is 31.8 Å². The monoisotopic (exact) mass is 497 g/mol. The fourth-order valence-corrected chi connectivity index (χ4v) is 2.91. The first-order valence-electron chi connectivity index (χ1n) is 10.6. The van der Waals surface area contributed by atoms with Crippen LogP contribution in [0.25, 0.3) is 11.2 Å². The molecule has 1 aromatic carbocycles. The number of aromatic nitrogens is 4. The predicted octanol–water partition coefficient (Wildman–Crippen LogP) is 0.933. The molecule has 0 saturated heterocycles. The zero-order chi connectivity index (χ0) is 26.2. The van der Waals surface area contributed by atoms with Gasteiger partial charge in [-0.2, -0.15) is 4.98 Å². The van der Waals surface area contributed by atoms with Crippen LogP contribution in [0, 0.1) is 0 Å². The third-order valence-corrected chi connectivity index (χ3v) is 4.64. The summed E-state index contributed by atoms with van der Waals surface area (Å²) in [6.45, 7) is 0.215. The number of amides is 1. The highest BCUT2D eigenvalue weighted by Crippen LogP contribution is 2.13. The third kappa shape index (κ3) is 7.02. The van der Waals surface area contributed by atoms with E-state index in [2.05, 4.69) is 40.9 Å². The van der Waals surface area contributed by atoms with Crippen molar-refractivity contribution in [2.75, 3.05) is 19.4 Å². The number of nitrogens with one attached hydrogen (secondary N) is 3. The van der Waals surface area contributed by atoms with Crippen LogP contribution in [0.5, 0.6) is 0 Å². The fraction of sp³-hybridized carbons (Fsp3) is 0.286. The Hall–Kier alpha value is -4.95. The largest absolute Gasteiger partial charge is 0.481 e.